The van der Waals surface area contributed by atoms with Crippen molar-refractivity contribution in [1.82, 2.24) is 33.2 Å². The van der Waals surface area contributed by atoms with Gasteiger partial charge in [-0.25, -0.2) is 9.97 Å². The quantitative estimate of drug-likeness (QED) is 0.519. The van der Waals surface area contributed by atoms with Gasteiger partial charge in [0.15, 0.2) is 0 Å². The van der Waals surface area contributed by atoms with Crippen molar-refractivity contribution in [2.45, 2.75) is 20.5 Å². The highest BCUT2D eigenvalue weighted by Gasteiger charge is 2.61. The van der Waals surface area contributed by atoms with Gasteiger partial charge in [-0.3, -0.25) is 0 Å². The van der Waals surface area contributed by atoms with Crippen LogP contribution in [0.5, 0.6) is 0 Å². The maximum absolute atomic E-state index is 5.04. The Labute approximate surface area is 185 Å². The smallest absolute Gasteiger partial charge is 0.385 e. The largest absolute Gasteiger partial charge is 0.456 e. The molecule has 0 atom stereocenters. The molecule has 3 aliphatic heterocycles. The summed E-state index contributed by atoms with van der Waals surface area (Å²) in [6.07, 6.45) is 1.90. The highest BCUT2D eigenvalue weighted by atomic mass is 15.5. The zero-order chi connectivity index (χ0) is 21.6. The molecule has 31 heavy (non-hydrogen) atoms. The summed E-state index contributed by atoms with van der Waals surface area (Å²) in [5.41, 5.74) is 3.27. The molecular weight excluding hydrogens is 382 g/mol. The molecule has 152 valence electrons. The first-order chi connectivity index (χ1) is 14.9. The summed E-state index contributed by atoms with van der Waals surface area (Å²) in [6, 6.07) is 12.6. The van der Waals surface area contributed by atoms with Crippen molar-refractivity contribution in [3.63, 3.8) is 0 Å². The second kappa shape index (κ2) is 6.65. The SMILES string of the molecule is CB1N(C)B(C)N2B(C)N(C)B3N(B2N1C)c1ncccc1-c1nc2ccccc2n13. The zero-order valence-electron chi connectivity index (χ0n) is 19.0. The molecule has 1 aromatic carbocycles. The van der Waals surface area contributed by atoms with E-state index in [1.54, 1.807) is 0 Å². The van der Waals surface area contributed by atoms with Crippen LogP contribution in [0.2, 0.25) is 20.5 Å². The van der Waals surface area contributed by atoms with Crippen LogP contribution in [-0.2, 0) is 0 Å². The van der Waals surface area contributed by atoms with Crippen LogP contribution in [0.25, 0.3) is 22.4 Å². The van der Waals surface area contributed by atoms with Crippen molar-refractivity contribution < 1.29 is 0 Å². The predicted molar refractivity (Wildman–Crippen MR) is 132 cm³/mol. The van der Waals surface area contributed by atoms with Crippen LogP contribution >= 0.6 is 0 Å². The molecule has 2 aromatic heterocycles. The number of rotatable bonds is 0. The highest BCUT2D eigenvalue weighted by Crippen LogP contribution is 2.41. The third kappa shape index (κ3) is 2.40. The Hall–Kier alpha value is -2.20. The third-order valence-electron chi connectivity index (χ3n) is 7.81. The number of hydrogen-bond acceptors (Lipinski definition) is 7. The maximum atomic E-state index is 5.04. The molecule has 13 heteroatoms. The molecule has 0 spiro atoms. The molecule has 0 aliphatic carbocycles. The van der Waals surface area contributed by atoms with E-state index in [0.29, 0.717) is 14.0 Å². The van der Waals surface area contributed by atoms with E-state index in [1.807, 2.05) is 12.3 Å². The molecule has 2 saturated heterocycles. The van der Waals surface area contributed by atoms with E-state index < -0.39 is 0 Å². The Morgan fingerprint density at radius 3 is 2.29 bits per heavy atom. The fourth-order valence-electron chi connectivity index (χ4n) is 5.74. The van der Waals surface area contributed by atoms with Crippen molar-refractivity contribution in [1.29, 1.82) is 0 Å². The van der Waals surface area contributed by atoms with Crippen molar-refractivity contribution in [3.8, 4) is 11.4 Å². The highest BCUT2D eigenvalue weighted by molar-refractivity contribution is 7.02. The Morgan fingerprint density at radius 2 is 1.48 bits per heavy atom. The Kier molecular flexibility index (Phi) is 4.18. The van der Waals surface area contributed by atoms with Gasteiger partial charge in [0.1, 0.15) is 11.6 Å². The average Bonchev–Trinajstić information content (AvgIpc) is 3.18. The van der Waals surface area contributed by atoms with Crippen molar-refractivity contribution in [2.24, 2.45) is 0 Å². The summed E-state index contributed by atoms with van der Waals surface area (Å²) in [5.74, 6) is 1.99. The van der Waals surface area contributed by atoms with E-state index in [1.165, 1.54) is 0 Å². The molecule has 0 bridgehead atoms. The van der Waals surface area contributed by atoms with Gasteiger partial charge >= 0.3 is 14.2 Å². The van der Waals surface area contributed by atoms with Gasteiger partial charge in [-0.2, -0.15) is 0 Å². The van der Waals surface area contributed by atoms with E-state index in [0.717, 1.165) is 28.2 Å². The number of imidazole rings is 1. The predicted octanol–water partition coefficient (Wildman–Crippen LogP) is 1.21. The Balaban J connectivity index is 1.64. The number of nitrogens with zero attached hydrogens (tertiary/aromatic N) is 8. The molecule has 6 rings (SSSR count). The van der Waals surface area contributed by atoms with Crippen LogP contribution in [0.3, 0.4) is 0 Å². The van der Waals surface area contributed by atoms with Crippen LogP contribution in [0.4, 0.5) is 5.82 Å². The minimum absolute atomic E-state index is 0.00805. The van der Waals surface area contributed by atoms with Gasteiger partial charge in [0.2, 0.25) is 0 Å². The van der Waals surface area contributed by atoms with Crippen LogP contribution in [0.1, 0.15) is 0 Å². The third-order valence-corrected chi connectivity index (χ3v) is 7.81. The van der Waals surface area contributed by atoms with Crippen LogP contribution in [0.15, 0.2) is 42.6 Å². The molecule has 2 fully saturated rings. The molecular formula is C18H25B5N8. The lowest BCUT2D eigenvalue weighted by Crippen LogP contribution is -2.89. The van der Waals surface area contributed by atoms with Crippen LogP contribution in [-0.4, -0.2) is 89.6 Å². The summed E-state index contributed by atoms with van der Waals surface area (Å²) in [6.45, 7) is 7.74. The molecule has 3 aliphatic rings. The number of para-hydroxylation sites is 2. The van der Waals surface area contributed by atoms with E-state index in [9.17, 15) is 0 Å². The first kappa shape index (κ1) is 19.5. The number of hydrogen-bond donors (Lipinski definition) is 0. The summed E-state index contributed by atoms with van der Waals surface area (Å²) in [7, 11) is 6.73. The molecule has 8 nitrogen and oxygen atoms in total. The van der Waals surface area contributed by atoms with Gasteiger partial charge < -0.3 is 28.0 Å². The van der Waals surface area contributed by atoms with E-state index in [4.69, 9.17) is 9.97 Å². The molecule has 5 heterocycles. The standard InChI is InChI=1S/C18H25B5N8/c1-19-26(4)20(2)31-21(3)28(6)22-29-16-12-8-7-11-15(16)25-18(29)14-10-9-13-24-17(14)30(22)23(31)27(19)5/h7-13H,1-6H3. The van der Waals surface area contributed by atoms with Crippen molar-refractivity contribution in [3.05, 3.63) is 42.6 Å². The fraction of sp³-hybridized carbons (Fsp3) is 0.333. The number of aromatic nitrogens is 3. The van der Waals surface area contributed by atoms with Crippen molar-refractivity contribution >= 4 is 52.0 Å². The molecule has 0 N–H and O–H groups in total. The molecule has 0 unspecified atom stereocenters. The Bertz CT molecular complexity index is 1170. The second-order valence-corrected chi connectivity index (χ2v) is 9.11. The lowest BCUT2D eigenvalue weighted by Gasteiger charge is -2.61. The molecule has 0 amide bonds. The summed E-state index contributed by atoms with van der Waals surface area (Å²) < 4.78 is 14.8. The summed E-state index contributed by atoms with van der Waals surface area (Å²) in [5, 5.41) is 0. The molecule has 0 radical (unpaired) electrons. The topological polar surface area (TPSA) is 46.9 Å². The van der Waals surface area contributed by atoms with Gasteiger partial charge in [0.05, 0.1) is 16.6 Å². The second-order valence-electron chi connectivity index (χ2n) is 9.11. The maximum Gasteiger partial charge on any atom is 0.456 e. The van der Waals surface area contributed by atoms with Crippen molar-refractivity contribution in [2.75, 3.05) is 25.9 Å². The van der Waals surface area contributed by atoms with Gasteiger partial charge in [-0.05, 0) is 45.4 Å². The fourth-order valence-corrected chi connectivity index (χ4v) is 5.74. The number of pyridine rings is 1. The monoisotopic (exact) mass is 408 g/mol. The number of anilines is 1. The zero-order valence-corrected chi connectivity index (χ0v) is 19.0. The van der Waals surface area contributed by atoms with Crippen LogP contribution in [0, 0.1) is 0 Å². The normalized spacial score (nSPS) is 20.3. The number of benzene rings is 1. The summed E-state index contributed by atoms with van der Waals surface area (Å²) >= 11 is 0. The number of fused-ring (bicyclic) bond motifs is 10. The molecule has 3 aromatic rings. The molecule has 0 saturated carbocycles. The van der Waals surface area contributed by atoms with Gasteiger partial charge in [-0.1, -0.05) is 32.6 Å². The Morgan fingerprint density at radius 1 is 0.774 bits per heavy atom. The first-order valence-corrected chi connectivity index (χ1v) is 11.1. The lowest BCUT2D eigenvalue weighted by molar-refractivity contribution is 0.547. The van der Waals surface area contributed by atoms with E-state index in [-0.39, 0.29) is 21.2 Å². The van der Waals surface area contributed by atoms with Gasteiger partial charge in [-0.15, -0.1) is 0 Å². The van der Waals surface area contributed by atoms with Gasteiger partial charge in [0, 0.05) is 6.20 Å². The first-order valence-electron chi connectivity index (χ1n) is 11.1. The van der Waals surface area contributed by atoms with E-state index in [2.05, 4.69) is 99.9 Å². The minimum Gasteiger partial charge on any atom is -0.385 e. The van der Waals surface area contributed by atoms with E-state index >= 15 is 0 Å². The average molecular weight is 408 g/mol. The minimum atomic E-state index is -0.00805. The summed E-state index contributed by atoms with van der Waals surface area (Å²) in [4.78, 5) is 9.95. The van der Waals surface area contributed by atoms with Gasteiger partial charge in [0.25, 0.3) is 20.9 Å². The lowest BCUT2D eigenvalue weighted by atomic mass is 9.37. The van der Waals surface area contributed by atoms with Crippen LogP contribution < -0.4 is 4.72 Å².